The second-order valence-electron chi connectivity index (χ2n) is 9.07. The Morgan fingerprint density at radius 3 is 1.25 bits per heavy atom. The van der Waals surface area contributed by atoms with Crippen LogP contribution < -0.4 is 9.80 Å². The number of anilines is 2. The predicted octanol–water partition coefficient (Wildman–Crippen LogP) is 4.58. The maximum absolute atomic E-state index is 6.45. The van der Waals surface area contributed by atoms with E-state index in [1.807, 2.05) is 0 Å². The summed E-state index contributed by atoms with van der Waals surface area (Å²) in [7, 11) is 7.89. The van der Waals surface area contributed by atoms with Crippen LogP contribution in [0.25, 0.3) is 0 Å². The molecule has 0 aromatic heterocycles. The van der Waals surface area contributed by atoms with E-state index in [1.165, 1.54) is 22.5 Å². The molecule has 0 aliphatic carbocycles. The average Bonchev–Trinajstić information content (AvgIpc) is 2.83. The van der Waals surface area contributed by atoms with Gasteiger partial charge in [-0.05, 0) is 63.1 Å². The maximum atomic E-state index is 6.45. The van der Waals surface area contributed by atoms with Crippen LogP contribution in [0.4, 0.5) is 11.4 Å². The van der Waals surface area contributed by atoms with Crippen LogP contribution in [0.5, 0.6) is 0 Å². The summed E-state index contributed by atoms with van der Waals surface area (Å²) in [5.74, 6) is 0.00785. The van der Waals surface area contributed by atoms with Crippen molar-refractivity contribution < 1.29 is 9.31 Å². The first-order valence-corrected chi connectivity index (χ1v) is 9.92. The summed E-state index contributed by atoms with van der Waals surface area (Å²) >= 11 is 0. The molecule has 0 atom stereocenters. The molecule has 0 unspecified atom stereocenters. The standard InChI is InChI=1S/C23H33BN2O2/c1-22(2)23(3,4)28-24(27-22)21(17-9-13-19(14-10-17)25(5)6)18-11-15-20(16-12-18)26(7)8/h9-16,21H,1-8H3. The van der Waals surface area contributed by atoms with Gasteiger partial charge in [0.25, 0.3) is 0 Å². The first-order valence-electron chi connectivity index (χ1n) is 9.92. The summed E-state index contributed by atoms with van der Waals surface area (Å²) in [6, 6.07) is 17.4. The van der Waals surface area contributed by atoms with E-state index in [2.05, 4.69) is 114 Å². The number of nitrogens with zero attached hydrogens (tertiary/aromatic N) is 2. The van der Waals surface area contributed by atoms with Gasteiger partial charge in [0.1, 0.15) is 0 Å². The summed E-state index contributed by atoms with van der Waals surface area (Å²) < 4.78 is 12.9. The van der Waals surface area contributed by atoms with E-state index in [4.69, 9.17) is 9.31 Å². The zero-order valence-corrected chi connectivity index (χ0v) is 18.5. The molecule has 0 radical (unpaired) electrons. The quantitative estimate of drug-likeness (QED) is 0.709. The van der Waals surface area contributed by atoms with Crippen LogP contribution in [0.15, 0.2) is 48.5 Å². The Balaban J connectivity index is 2.01. The van der Waals surface area contributed by atoms with Gasteiger partial charge in [-0.15, -0.1) is 0 Å². The van der Waals surface area contributed by atoms with E-state index < -0.39 is 0 Å². The highest BCUT2D eigenvalue weighted by Gasteiger charge is 2.54. The van der Waals surface area contributed by atoms with Crippen molar-refractivity contribution >= 4 is 18.5 Å². The minimum absolute atomic E-state index is 0.00785. The van der Waals surface area contributed by atoms with Crippen molar-refractivity contribution in [3.8, 4) is 0 Å². The van der Waals surface area contributed by atoms with E-state index in [0.717, 1.165) is 0 Å². The molecule has 3 rings (SSSR count). The van der Waals surface area contributed by atoms with Gasteiger partial charge in [-0.1, -0.05) is 24.3 Å². The van der Waals surface area contributed by atoms with Gasteiger partial charge in [0.05, 0.1) is 11.2 Å². The lowest BCUT2D eigenvalue weighted by Crippen LogP contribution is -2.41. The third-order valence-corrected chi connectivity index (χ3v) is 6.08. The van der Waals surface area contributed by atoms with Gasteiger partial charge in [-0.2, -0.15) is 0 Å². The third kappa shape index (κ3) is 3.92. The Kier molecular flexibility index (Phi) is 5.52. The largest absolute Gasteiger partial charge is 0.470 e. The summed E-state index contributed by atoms with van der Waals surface area (Å²) in [6.07, 6.45) is 0. The molecule has 4 nitrogen and oxygen atoms in total. The first-order chi connectivity index (χ1) is 13.0. The van der Waals surface area contributed by atoms with Crippen LogP contribution in [0.2, 0.25) is 0 Å². The highest BCUT2D eigenvalue weighted by atomic mass is 16.7. The Labute approximate surface area is 170 Å². The second kappa shape index (κ2) is 7.45. The Morgan fingerprint density at radius 2 is 0.964 bits per heavy atom. The van der Waals surface area contributed by atoms with E-state index in [-0.39, 0.29) is 24.1 Å². The Hall–Kier alpha value is -1.98. The molecule has 0 N–H and O–H groups in total. The number of benzene rings is 2. The van der Waals surface area contributed by atoms with Crippen molar-refractivity contribution in [2.75, 3.05) is 38.0 Å². The minimum atomic E-state index is -0.358. The van der Waals surface area contributed by atoms with Gasteiger partial charge in [0, 0.05) is 45.4 Å². The van der Waals surface area contributed by atoms with Crippen molar-refractivity contribution in [3.63, 3.8) is 0 Å². The van der Waals surface area contributed by atoms with E-state index >= 15 is 0 Å². The van der Waals surface area contributed by atoms with Crippen molar-refractivity contribution in [1.82, 2.24) is 0 Å². The minimum Gasteiger partial charge on any atom is -0.403 e. The molecule has 0 spiro atoms. The van der Waals surface area contributed by atoms with E-state index in [1.54, 1.807) is 0 Å². The monoisotopic (exact) mass is 380 g/mol. The lowest BCUT2D eigenvalue weighted by Gasteiger charge is -2.32. The predicted molar refractivity (Wildman–Crippen MR) is 119 cm³/mol. The fraction of sp³-hybridized carbons (Fsp3) is 0.478. The zero-order valence-electron chi connectivity index (χ0n) is 18.5. The molecule has 5 heteroatoms. The Bertz CT molecular complexity index is 731. The van der Waals surface area contributed by atoms with E-state index in [0.29, 0.717) is 0 Å². The molecule has 0 bridgehead atoms. The molecule has 1 aliphatic rings. The number of hydrogen-bond acceptors (Lipinski definition) is 4. The molecule has 2 aromatic rings. The molecule has 1 heterocycles. The highest BCUT2D eigenvalue weighted by Crippen LogP contribution is 2.43. The van der Waals surface area contributed by atoms with Crippen molar-refractivity contribution in [2.45, 2.75) is 44.7 Å². The SMILES string of the molecule is CN(C)c1ccc(C(B2OC(C)(C)C(C)(C)O2)c2ccc(N(C)C)cc2)cc1. The van der Waals surface area contributed by atoms with Crippen molar-refractivity contribution in [2.24, 2.45) is 0 Å². The molecular formula is C23H33BN2O2. The molecule has 1 aliphatic heterocycles. The number of rotatable bonds is 5. The van der Waals surface area contributed by atoms with Crippen LogP contribution in [0.1, 0.15) is 44.6 Å². The Morgan fingerprint density at radius 1 is 0.643 bits per heavy atom. The number of hydrogen-bond donors (Lipinski definition) is 0. The van der Waals surface area contributed by atoms with Crippen molar-refractivity contribution in [1.29, 1.82) is 0 Å². The third-order valence-electron chi connectivity index (χ3n) is 6.08. The fourth-order valence-electron chi connectivity index (χ4n) is 3.49. The molecule has 28 heavy (non-hydrogen) atoms. The molecule has 0 saturated carbocycles. The molecule has 0 amide bonds. The lowest BCUT2D eigenvalue weighted by molar-refractivity contribution is 0.00578. The van der Waals surface area contributed by atoms with Gasteiger partial charge >= 0.3 is 7.12 Å². The maximum Gasteiger partial charge on any atom is 0.470 e. The van der Waals surface area contributed by atoms with Crippen LogP contribution in [-0.4, -0.2) is 46.5 Å². The lowest BCUT2D eigenvalue weighted by atomic mass is 9.64. The first kappa shape index (κ1) is 20.8. The molecular weight excluding hydrogens is 347 g/mol. The van der Waals surface area contributed by atoms with Crippen LogP contribution >= 0.6 is 0 Å². The molecule has 2 aromatic carbocycles. The van der Waals surface area contributed by atoms with Gasteiger partial charge in [0.2, 0.25) is 0 Å². The summed E-state index contributed by atoms with van der Waals surface area (Å²) in [4.78, 5) is 4.22. The zero-order chi connectivity index (χ0) is 20.7. The van der Waals surface area contributed by atoms with Gasteiger partial charge in [-0.25, -0.2) is 0 Å². The van der Waals surface area contributed by atoms with Gasteiger partial charge in [0.15, 0.2) is 0 Å². The van der Waals surface area contributed by atoms with Gasteiger partial charge < -0.3 is 19.1 Å². The molecule has 1 fully saturated rings. The van der Waals surface area contributed by atoms with Crippen molar-refractivity contribution in [3.05, 3.63) is 59.7 Å². The fourth-order valence-corrected chi connectivity index (χ4v) is 3.49. The smallest absolute Gasteiger partial charge is 0.403 e. The summed E-state index contributed by atoms with van der Waals surface area (Å²) in [6.45, 7) is 8.42. The van der Waals surface area contributed by atoms with Crippen LogP contribution in [0.3, 0.4) is 0 Å². The topological polar surface area (TPSA) is 24.9 Å². The van der Waals surface area contributed by atoms with E-state index in [9.17, 15) is 0 Å². The highest BCUT2D eigenvalue weighted by molar-refractivity contribution is 6.48. The summed E-state index contributed by atoms with van der Waals surface area (Å²) in [5, 5.41) is 0. The van der Waals surface area contributed by atoms with Crippen LogP contribution in [-0.2, 0) is 9.31 Å². The average molecular weight is 380 g/mol. The molecule has 150 valence electrons. The summed E-state index contributed by atoms with van der Waals surface area (Å²) in [5.41, 5.74) is 4.04. The van der Waals surface area contributed by atoms with Crippen LogP contribution in [0, 0.1) is 0 Å². The second-order valence-corrected chi connectivity index (χ2v) is 9.07. The van der Waals surface area contributed by atoms with Gasteiger partial charge in [-0.3, -0.25) is 0 Å². The molecule has 1 saturated heterocycles. The normalized spacial score (nSPS) is 17.8.